The van der Waals surface area contributed by atoms with Crippen LogP contribution in [0.3, 0.4) is 0 Å². The molecule has 2 atom stereocenters. The Morgan fingerprint density at radius 1 is 1.19 bits per heavy atom. The van der Waals surface area contributed by atoms with Gasteiger partial charge in [-0.15, -0.1) is 0 Å². The minimum atomic E-state index is -0.446. The van der Waals surface area contributed by atoms with Crippen molar-refractivity contribution in [1.82, 2.24) is 0 Å². The van der Waals surface area contributed by atoms with E-state index in [0.717, 1.165) is 12.8 Å². The molecular weight excluding hydrogens is 202 g/mol. The highest BCUT2D eigenvalue weighted by atomic mass is 16.6. The van der Waals surface area contributed by atoms with Gasteiger partial charge in [0.1, 0.15) is 5.60 Å². The van der Waals surface area contributed by atoms with Gasteiger partial charge in [0.25, 0.3) is 0 Å². The third-order valence-electron chi connectivity index (χ3n) is 2.63. The van der Waals surface area contributed by atoms with Crippen molar-refractivity contribution in [3.05, 3.63) is 0 Å². The Morgan fingerprint density at radius 3 is 1.88 bits per heavy atom. The average Bonchev–Trinajstić information content (AvgIpc) is 2.09. The SMILES string of the molecule is CCC(C(=O)OC(C)(C)C)[C@H](CC)C(C)=N. The van der Waals surface area contributed by atoms with Crippen molar-refractivity contribution in [2.45, 2.75) is 60.0 Å². The van der Waals surface area contributed by atoms with Crippen LogP contribution in [0.1, 0.15) is 54.4 Å². The monoisotopic (exact) mass is 227 g/mol. The first-order chi connectivity index (χ1) is 7.22. The molecule has 16 heavy (non-hydrogen) atoms. The maximum atomic E-state index is 12.0. The van der Waals surface area contributed by atoms with E-state index in [0.29, 0.717) is 5.71 Å². The summed E-state index contributed by atoms with van der Waals surface area (Å²) in [5.74, 6) is -0.338. The van der Waals surface area contributed by atoms with Gasteiger partial charge in [-0.25, -0.2) is 0 Å². The van der Waals surface area contributed by atoms with Crippen LogP contribution >= 0.6 is 0 Å². The van der Waals surface area contributed by atoms with Gasteiger partial charge in [-0.2, -0.15) is 0 Å². The third kappa shape index (κ3) is 4.77. The van der Waals surface area contributed by atoms with E-state index < -0.39 is 5.60 Å². The summed E-state index contributed by atoms with van der Waals surface area (Å²) in [6, 6.07) is 0. The molecule has 0 aromatic rings. The molecule has 3 nitrogen and oxygen atoms in total. The minimum absolute atomic E-state index is 0.0137. The lowest BCUT2D eigenvalue weighted by molar-refractivity contribution is -0.161. The molecule has 0 aliphatic rings. The van der Waals surface area contributed by atoms with Crippen LogP contribution in [0.5, 0.6) is 0 Å². The predicted molar refractivity (Wildman–Crippen MR) is 66.8 cm³/mol. The van der Waals surface area contributed by atoms with Crippen molar-refractivity contribution in [2.75, 3.05) is 0 Å². The number of nitrogens with one attached hydrogen (secondary N) is 1. The Hall–Kier alpha value is -0.860. The van der Waals surface area contributed by atoms with E-state index in [-0.39, 0.29) is 17.8 Å². The van der Waals surface area contributed by atoms with Gasteiger partial charge in [-0.05, 0) is 40.5 Å². The van der Waals surface area contributed by atoms with Crippen molar-refractivity contribution in [3.63, 3.8) is 0 Å². The van der Waals surface area contributed by atoms with Gasteiger partial charge in [0.05, 0.1) is 5.92 Å². The molecule has 3 heteroatoms. The van der Waals surface area contributed by atoms with E-state index >= 15 is 0 Å². The van der Waals surface area contributed by atoms with Gasteiger partial charge in [-0.1, -0.05) is 13.8 Å². The fraction of sp³-hybridized carbons (Fsp3) is 0.846. The molecule has 0 bridgehead atoms. The standard InChI is InChI=1S/C13H25NO2/c1-7-10(9(3)14)11(8-2)12(15)16-13(4,5)6/h10-11,14H,7-8H2,1-6H3/t10-,11?/m1/s1. The first-order valence-electron chi connectivity index (χ1n) is 6.00. The predicted octanol–water partition coefficient (Wildman–Crippen LogP) is 3.42. The summed E-state index contributed by atoms with van der Waals surface area (Å²) in [6.45, 7) is 11.4. The van der Waals surface area contributed by atoms with Crippen LogP contribution in [0, 0.1) is 17.2 Å². The van der Waals surface area contributed by atoms with Crippen molar-refractivity contribution < 1.29 is 9.53 Å². The second kappa shape index (κ2) is 6.02. The normalized spacial score (nSPS) is 15.4. The molecule has 0 spiro atoms. The number of rotatable bonds is 5. The maximum absolute atomic E-state index is 12.0. The zero-order valence-corrected chi connectivity index (χ0v) is 11.4. The lowest BCUT2D eigenvalue weighted by atomic mass is 9.84. The first-order valence-corrected chi connectivity index (χ1v) is 6.00. The van der Waals surface area contributed by atoms with Crippen molar-refractivity contribution in [2.24, 2.45) is 11.8 Å². The van der Waals surface area contributed by atoms with E-state index in [9.17, 15) is 4.79 Å². The van der Waals surface area contributed by atoms with Crippen LogP contribution < -0.4 is 0 Å². The first kappa shape index (κ1) is 15.1. The van der Waals surface area contributed by atoms with Crippen LogP contribution in [0.4, 0.5) is 0 Å². The highest BCUT2D eigenvalue weighted by Gasteiger charge is 2.30. The van der Waals surface area contributed by atoms with Crippen LogP contribution in [-0.2, 0) is 9.53 Å². The molecule has 0 saturated carbocycles. The highest BCUT2D eigenvalue weighted by molar-refractivity contribution is 5.87. The van der Waals surface area contributed by atoms with Crippen LogP contribution in [-0.4, -0.2) is 17.3 Å². The van der Waals surface area contributed by atoms with Crippen LogP contribution in [0.15, 0.2) is 0 Å². The molecule has 0 aliphatic heterocycles. The van der Waals surface area contributed by atoms with Gasteiger partial charge in [0.2, 0.25) is 0 Å². The van der Waals surface area contributed by atoms with E-state index in [2.05, 4.69) is 0 Å². The summed E-state index contributed by atoms with van der Waals surface area (Å²) in [4.78, 5) is 12.0. The zero-order valence-electron chi connectivity index (χ0n) is 11.4. The van der Waals surface area contributed by atoms with Gasteiger partial charge < -0.3 is 10.1 Å². The molecule has 0 aromatic carbocycles. The molecule has 0 aliphatic carbocycles. The molecule has 0 fully saturated rings. The second-order valence-electron chi connectivity index (χ2n) is 5.25. The molecule has 0 amide bonds. The third-order valence-corrected chi connectivity index (χ3v) is 2.63. The number of hydrogen-bond donors (Lipinski definition) is 1. The molecular formula is C13H25NO2. The number of carbonyl (C=O) groups excluding carboxylic acids is 1. The summed E-state index contributed by atoms with van der Waals surface area (Å²) in [5, 5.41) is 7.70. The van der Waals surface area contributed by atoms with E-state index in [4.69, 9.17) is 10.1 Å². The fourth-order valence-corrected chi connectivity index (χ4v) is 1.89. The van der Waals surface area contributed by atoms with Crippen molar-refractivity contribution >= 4 is 11.7 Å². The van der Waals surface area contributed by atoms with Gasteiger partial charge in [0, 0.05) is 11.6 Å². The molecule has 0 rings (SSSR count). The quantitative estimate of drug-likeness (QED) is 0.578. The second-order valence-corrected chi connectivity index (χ2v) is 5.25. The molecule has 1 N–H and O–H groups in total. The summed E-state index contributed by atoms with van der Waals surface area (Å²) in [6.07, 6.45) is 1.54. The van der Waals surface area contributed by atoms with Crippen molar-refractivity contribution in [3.8, 4) is 0 Å². The van der Waals surface area contributed by atoms with Gasteiger partial charge in [0.15, 0.2) is 0 Å². The lowest BCUT2D eigenvalue weighted by Crippen LogP contribution is -2.34. The molecule has 0 heterocycles. The number of carbonyl (C=O) groups is 1. The summed E-state index contributed by atoms with van der Waals surface area (Å²) < 4.78 is 5.39. The summed E-state index contributed by atoms with van der Waals surface area (Å²) in [7, 11) is 0. The number of hydrogen-bond acceptors (Lipinski definition) is 3. The summed E-state index contributed by atoms with van der Waals surface area (Å²) in [5.41, 5.74) is 0.124. The van der Waals surface area contributed by atoms with E-state index in [1.807, 2.05) is 34.6 Å². The highest BCUT2D eigenvalue weighted by Crippen LogP contribution is 2.24. The average molecular weight is 227 g/mol. The molecule has 94 valence electrons. The topological polar surface area (TPSA) is 50.2 Å². The minimum Gasteiger partial charge on any atom is -0.460 e. The molecule has 0 aromatic heterocycles. The molecule has 1 unspecified atom stereocenters. The van der Waals surface area contributed by atoms with Gasteiger partial charge >= 0.3 is 5.97 Å². The lowest BCUT2D eigenvalue weighted by Gasteiger charge is -2.27. The Labute approximate surface area is 99.1 Å². The Bertz CT molecular complexity index is 253. The smallest absolute Gasteiger partial charge is 0.310 e. The maximum Gasteiger partial charge on any atom is 0.310 e. The largest absolute Gasteiger partial charge is 0.460 e. The zero-order chi connectivity index (χ0) is 12.9. The number of ether oxygens (including phenoxy) is 1. The fourth-order valence-electron chi connectivity index (χ4n) is 1.89. The molecule has 0 radical (unpaired) electrons. The van der Waals surface area contributed by atoms with E-state index in [1.165, 1.54) is 0 Å². The van der Waals surface area contributed by atoms with Crippen LogP contribution in [0.2, 0.25) is 0 Å². The Kier molecular flexibility index (Phi) is 5.70. The Balaban J connectivity index is 4.71. The van der Waals surface area contributed by atoms with E-state index in [1.54, 1.807) is 6.92 Å². The van der Waals surface area contributed by atoms with Crippen LogP contribution in [0.25, 0.3) is 0 Å². The molecule has 0 saturated heterocycles. The Morgan fingerprint density at radius 2 is 1.62 bits per heavy atom. The summed E-state index contributed by atoms with van der Waals surface area (Å²) >= 11 is 0. The van der Waals surface area contributed by atoms with Gasteiger partial charge in [-0.3, -0.25) is 4.79 Å². The van der Waals surface area contributed by atoms with Crippen molar-refractivity contribution in [1.29, 1.82) is 5.41 Å². The number of esters is 1.